The van der Waals surface area contributed by atoms with Crippen LogP contribution in [0.15, 0.2) is 36.5 Å². The fraction of sp³-hybridized carbons (Fsp3) is 0.250. The van der Waals surface area contributed by atoms with Gasteiger partial charge in [0, 0.05) is 13.2 Å². The zero-order valence-electron chi connectivity index (χ0n) is 12.3. The molecule has 1 aromatic carbocycles. The van der Waals surface area contributed by atoms with Crippen LogP contribution in [-0.2, 0) is 0 Å². The third kappa shape index (κ3) is 3.37. The van der Waals surface area contributed by atoms with Gasteiger partial charge in [-0.15, -0.1) is 0 Å². The summed E-state index contributed by atoms with van der Waals surface area (Å²) < 4.78 is 14.0. The fourth-order valence-corrected chi connectivity index (χ4v) is 2.01. The van der Waals surface area contributed by atoms with Crippen molar-refractivity contribution in [3.05, 3.63) is 59.0 Å². The quantitative estimate of drug-likeness (QED) is 0.908. The van der Waals surface area contributed by atoms with E-state index < -0.39 is 11.7 Å². The van der Waals surface area contributed by atoms with Gasteiger partial charge in [-0.1, -0.05) is 29.8 Å². The van der Waals surface area contributed by atoms with Gasteiger partial charge in [-0.3, -0.25) is 4.79 Å². The number of amides is 1. The molecule has 1 unspecified atom stereocenters. The summed E-state index contributed by atoms with van der Waals surface area (Å²) in [6.45, 7) is 3.86. The van der Waals surface area contributed by atoms with E-state index in [-0.39, 0.29) is 17.4 Å². The molecule has 0 radical (unpaired) electrons. The topological polar surface area (TPSA) is 54.0 Å². The van der Waals surface area contributed by atoms with Gasteiger partial charge in [0.2, 0.25) is 0 Å². The number of nitrogens with zero attached hydrogens (tertiary/aromatic N) is 1. The van der Waals surface area contributed by atoms with Crippen LogP contribution in [-0.4, -0.2) is 17.9 Å². The average molecular weight is 287 g/mol. The zero-order valence-corrected chi connectivity index (χ0v) is 12.3. The number of halogens is 1. The number of aryl methyl sites for hydroxylation is 1. The second-order valence-electron chi connectivity index (χ2n) is 4.88. The highest BCUT2D eigenvalue weighted by Gasteiger charge is 2.17. The number of carbonyl (C=O) groups is 1. The predicted molar refractivity (Wildman–Crippen MR) is 80.8 cm³/mol. The SMILES string of the molecule is CNc1nccc(C(=O)NC(C)c2ccc(C)cc2)c1F. The maximum absolute atomic E-state index is 14.0. The standard InChI is InChI=1S/C16H18FN3O/c1-10-4-6-12(7-5-10)11(2)20-16(21)13-8-9-19-15(18-3)14(13)17/h4-9,11H,1-3H3,(H,18,19)(H,20,21). The molecule has 0 aliphatic carbocycles. The monoisotopic (exact) mass is 287 g/mol. The molecule has 0 saturated heterocycles. The van der Waals surface area contributed by atoms with E-state index in [1.807, 2.05) is 38.1 Å². The number of benzene rings is 1. The van der Waals surface area contributed by atoms with Crippen molar-refractivity contribution >= 4 is 11.7 Å². The van der Waals surface area contributed by atoms with E-state index in [4.69, 9.17) is 0 Å². The molecular weight excluding hydrogens is 269 g/mol. The lowest BCUT2D eigenvalue weighted by Crippen LogP contribution is -2.27. The number of hydrogen-bond acceptors (Lipinski definition) is 3. The number of carbonyl (C=O) groups excluding carboxylic acids is 1. The summed E-state index contributed by atoms with van der Waals surface area (Å²) in [6, 6.07) is 9.01. The maximum Gasteiger partial charge on any atom is 0.254 e. The Hall–Kier alpha value is -2.43. The van der Waals surface area contributed by atoms with Gasteiger partial charge in [0.05, 0.1) is 11.6 Å². The molecule has 0 aliphatic heterocycles. The summed E-state index contributed by atoms with van der Waals surface area (Å²) in [5.41, 5.74) is 2.10. The Kier molecular flexibility index (Phi) is 4.52. The molecular formula is C16H18FN3O. The molecule has 2 rings (SSSR count). The molecule has 1 heterocycles. The van der Waals surface area contributed by atoms with Crippen LogP contribution in [0.5, 0.6) is 0 Å². The van der Waals surface area contributed by atoms with Crippen LogP contribution in [0.1, 0.15) is 34.5 Å². The van der Waals surface area contributed by atoms with E-state index in [2.05, 4.69) is 15.6 Å². The van der Waals surface area contributed by atoms with E-state index >= 15 is 0 Å². The Bertz CT molecular complexity index is 640. The lowest BCUT2D eigenvalue weighted by atomic mass is 10.1. The molecule has 1 amide bonds. The van der Waals surface area contributed by atoms with Crippen molar-refractivity contribution in [2.75, 3.05) is 12.4 Å². The number of pyridine rings is 1. The zero-order chi connectivity index (χ0) is 15.4. The van der Waals surface area contributed by atoms with E-state index in [9.17, 15) is 9.18 Å². The molecule has 110 valence electrons. The number of rotatable bonds is 4. The second-order valence-corrected chi connectivity index (χ2v) is 4.88. The second kappa shape index (κ2) is 6.35. The Labute approximate surface area is 123 Å². The van der Waals surface area contributed by atoms with Gasteiger partial charge >= 0.3 is 0 Å². The van der Waals surface area contributed by atoms with Crippen molar-refractivity contribution in [3.8, 4) is 0 Å². The molecule has 0 bridgehead atoms. The molecule has 0 saturated carbocycles. The molecule has 0 spiro atoms. The van der Waals surface area contributed by atoms with Gasteiger partial charge in [-0.25, -0.2) is 9.37 Å². The summed E-state index contributed by atoms with van der Waals surface area (Å²) in [6.07, 6.45) is 1.40. The smallest absolute Gasteiger partial charge is 0.254 e. The van der Waals surface area contributed by atoms with Crippen LogP contribution < -0.4 is 10.6 Å². The van der Waals surface area contributed by atoms with Crippen LogP contribution in [0.25, 0.3) is 0 Å². The molecule has 0 aliphatic rings. The Morgan fingerprint density at radius 1 is 1.24 bits per heavy atom. The average Bonchev–Trinajstić information content (AvgIpc) is 2.48. The Morgan fingerprint density at radius 3 is 2.52 bits per heavy atom. The first-order valence-electron chi connectivity index (χ1n) is 6.72. The maximum atomic E-state index is 14.0. The largest absolute Gasteiger partial charge is 0.371 e. The van der Waals surface area contributed by atoms with Gasteiger partial charge < -0.3 is 10.6 Å². The first-order chi connectivity index (χ1) is 10.0. The molecule has 1 atom stereocenters. The van der Waals surface area contributed by atoms with E-state index in [0.29, 0.717) is 0 Å². The first-order valence-corrected chi connectivity index (χ1v) is 6.72. The third-order valence-corrected chi connectivity index (χ3v) is 3.30. The predicted octanol–water partition coefficient (Wildman–Crippen LogP) is 3.06. The van der Waals surface area contributed by atoms with Crippen molar-refractivity contribution in [2.24, 2.45) is 0 Å². The summed E-state index contributed by atoms with van der Waals surface area (Å²) in [4.78, 5) is 16.0. The van der Waals surface area contributed by atoms with Gasteiger partial charge in [0.25, 0.3) is 5.91 Å². The molecule has 5 heteroatoms. The van der Waals surface area contributed by atoms with Gasteiger partial charge in [0.15, 0.2) is 11.6 Å². The number of hydrogen-bond donors (Lipinski definition) is 2. The highest BCUT2D eigenvalue weighted by molar-refractivity contribution is 5.95. The molecule has 2 aromatic rings. The van der Waals surface area contributed by atoms with Gasteiger partial charge in [-0.2, -0.15) is 0 Å². The molecule has 0 fully saturated rings. The lowest BCUT2D eigenvalue weighted by Gasteiger charge is -2.15. The van der Waals surface area contributed by atoms with Gasteiger partial charge in [0.1, 0.15) is 0 Å². The fourth-order valence-electron chi connectivity index (χ4n) is 2.01. The highest BCUT2D eigenvalue weighted by Crippen LogP contribution is 2.17. The minimum absolute atomic E-state index is 0.0201. The highest BCUT2D eigenvalue weighted by atomic mass is 19.1. The minimum Gasteiger partial charge on any atom is -0.371 e. The van der Waals surface area contributed by atoms with Crippen molar-refractivity contribution < 1.29 is 9.18 Å². The van der Waals surface area contributed by atoms with Crippen LogP contribution in [0, 0.1) is 12.7 Å². The first kappa shape index (κ1) is 15.0. The number of anilines is 1. The van der Waals surface area contributed by atoms with Crippen LogP contribution in [0.2, 0.25) is 0 Å². The summed E-state index contributed by atoms with van der Waals surface area (Å²) in [5.74, 6) is -1.04. The Morgan fingerprint density at radius 2 is 1.90 bits per heavy atom. The lowest BCUT2D eigenvalue weighted by molar-refractivity contribution is 0.0936. The summed E-state index contributed by atoms with van der Waals surface area (Å²) in [5, 5.41) is 5.41. The van der Waals surface area contributed by atoms with Crippen molar-refractivity contribution in [2.45, 2.75) is 19.9 Å². The van der Waals surface area contributed by atoms with Gasteiger partial charge in [-0.05, 0) is 25.5 Å². The van der Waals surface area contributed by atoms with Crippen molar-refractivity contribution in [1.82, 2.24) is 10.3 Å². The normalized spacial score (nSPS) is 11.8. The van der Waals surface area contributed by atoms with Crippen LogP contribution >= 0.6 is 0 Å². The summed E-state index contributed by atoms with van der Waals surface area (Å²) >= 11 is 0. The molecule has 2 N–H and O–H groups in total. The minimum atomic E-state index is -0.645. The Balaban J connectivity index is 2.16. The number of nitrogens with one attached hydrogen (secondary N) is 2. The third-order valence-electron chi connectivity index (χ3n) is 3.30. The van der Waals surface area contributed by atoms with E-state index in [1.54, 1.807) is 7.05 Å². The van der Waals surface area contributed by atoms with Crippen molar-refractivity contribution in [3.63, 3.8) is 0 Å². The van der Waals surface area contributed by atoms with Crippen molar-refractivity contribution in [1.29, 1.82) is 0 Å². The van der Waals surface area contributed by atoms with E-state index in [0.717, 1.165) is 11.1 Å². The van der Waals surface area contributed by atoms with Crippen LogP contribution in [0.3, 0.4) is 0 Å². The van der Waals surface area contributed by atoms with Crippen LogP contribution in [0.4, 0.5) is 10.2 Å². The molecule has 1 aromatic heterocycles. The molecule has 4 nitrogen and oxygen atoms in total. The molecule has 21 heavy (non-hydrogen) atoms. The number of aromatic nitrogens is 1. The van der Waals surface area contributed by atoms with E-state index in [1.165, 1.54) is 12.3 Å². The summed E-state index contributed by atoms with van der Waals surface area (Å²) in [7, 11) is 1.56.